The molecule has 1 aliphatic heterocycles. The minimum Gasteiger partial charge on any atom is -0.493 e. The number of halogens is 1. The Balaban J connectivity index is 1.29. The van der Waals surface area contributed by atoms with Crippen LogP contribution in [0.1, 0.15) is 32.0 Å². The first-order valence-corrected chi connectivity index (χ1v) is 13.4. The van der Waals surface area contributed by atoms with Crippen LogP contribution in [0.15, 0.2) is 65.2 Å². The van der Waals surface area contributed by atoms with Crippen LogP contribution in [0.4, 0.5) is 15.8 Å². The molecule has 4 aromatic rings. The molecule has 0 aliphatic carbocycles. The highest BCUT2D eigenvalue weighted by molar-refractivity contribution is 6.05. The molecule has 11 heteroatoms. The lowest BCUT2D eigenvalue weighted by molar-refractivity contribution is 0.0913. The summed E-state index contributed by atoms with van der Waals surface area (Å²) in [5, 5.41) is 9.71. The number of rotatable bonds is 9. The maximum absolute atomic E-state index is 14.4. The van der Waals surface area contributed by atoms with Crippen molar-refractivity contribution < 1.29 is 32.7 Å². The summed E-state index contributed by atoms with van der Waals surface area (Å²) in [6.45, 7) is 4.41. The molecular weight excluding hydrogens is 543 g/mol. The SMILES string of the molecule is COc1cccc(CNC(=O)c2cc(-c3cc(NC(=O)c4cc(F)cc(N5CCOCC5)c4)ccc3C)no2)c1OC. The first kappa shape index (κ1) is 28.6. The second-order valence-corrected chi connectivity index (χ2v) is 9.69. The largest absolute Gasteiger partial charge is 0.493 e. The zero-order valence-electron chi connectivity index (χ0n) is 23.5. The van der Waals surface area contributed by atoms with Gasteiger partial charge in [0.15, 0.2) is 11.5 Å². The van der Waals surface area contributed by atoms with Gasteiger partial charge in [-0.05, 0) is 48.9 Å². The van der Waals surface area contributed by atoms with Gasteiger partial charge in [0, 0.05) is 53.8 Å². The number of ether oxygens (including phenoxy) is 3. The van der Waals surface area contributed by atoms with Gasteiger partial charge in [-0.15, -0.1) is 0 Å². The Bertz CT molecular complexity index is 1600. The Labute approximate surface area is 242 Å². The molecule has 2 N–H and O–H groups in total. The quantitative estimate of drug-likeness (QED) is 0.292. The number of benzene rings is 3. The van der Waals surface area contributed by atoms with Gasteiger partial charge < -0.3 is 34.3 Å². The molecule has 42 heavy (non-hydrogen) atoms. The number of para-hydroxylation sites is 1. The van der Waals surface area contributed by atoms with E-state index < -0.39 is 17.6 Å². The lowest BCUT2D eigenvalue weighted by Crippen LogP contribution is -2.36. The molecule has 0 bridgehead atoms. The normalized spacial score (nSPS) is 13.0. The van der Waals surface area contributed by atoms with Gasteiger partial charge in [0.1, 0.15) is 11.5 Å². The summed E-state index contributed by atoms with van der Waals surface area (Å²) >= 11 is 0. The van der Waals surface area contributed by atoms with Crippen LogP contribution >= 0.6 is 0 Å². The number of anilines is 2. The van der Waals surface area contributed by atoms with Crippen molar-refractivity contribution in [2.24, 2.45) is 0 Å². The predicted molar refractivity (Wildman–Crippen MR) is 155 cm³/mol. The molecule has 2 amide bonds. The molecule has 0 spiro atoms. The fourth-order valence-corrected chi connectivity index (χ4v) is 4.75. The minimum absolute atomic E-state index is 0.0242. The maximum atomic E-state index is 14.4. The highest BCUT2D eigenvalue weighted by Gasteiger charge is 2.19. The molecule has 1 saturated heterocycles. The van der Waals surface area contributed by atoms with Gasteiger partial charge in [0.25, 0.3) is 11.8 Å². The zero-order valence-corrected chi connectivity index (χ0v) is 23.5. The summed E-state index contributed by atoms with van der Waals surface area (Å²) in [4.78, 5) is 27.9. The summed E-state index contributed by atoms with van der Waals surface area (Å²) in [7, 11) is 3.08. The zero-order chi connectivity index (χ0) is 29.6. The molecule has 1 aromatic heterocycles. The molecule has 2 heterocycles. The molecule has 3 aromatic carbocycles. The first-order chi connectivity index (χ1) is 20.4. The lowest BCUT2D eigenvalue weighted by atomic mass is 10.0. The van der Waals surface area contributed by atoms with Gasteiger partial charge in [0.05, 0.1) is 27.4 Å². The number of amides is 2. The third-order valence-electron chi connectivity index (χ3n) is 6.95. The summed E-state index contributed by atoms with van der Waals surface area (Å²) < 4.78 is 35.8. The van der Waals surface area contributed by atoms with Crippen LogP contribution in [0, 0.1) is 12.7 Å². The van der Waals surface area contributed by atoms with E-state index in [9.17, 15) is 14.0 Å². The van der Waals surface area contributed by atoms with Gasteiger partial charge in [-0.1, -0.05) is 23.4 Å². The van der Waals surface area contributed by atoms with E-state index in [-0.39, 0.29) is 17.9 Å². The second-order valence-electron chi connectivity index (χ2n) is 9.69. The molecule has 1 fully saturated rings. The second kappa shape index (κ2) is 12.7. The summed E-state index contributed by atoms with van der Waals surface area (Å²) in [5.41, 5.74) is 4.00. The number of nitrogens with one attached hydrogen (secondary N) is 2. The van der Waals surface area contributed by atoms with Gasteiger partial charge in [-0.3, -0.25) is 9.59 Å². The topological polar surface area (TPSA) is 115 Å². The molecule has 5 rings (SSSR count). The van der Waals surface area contributed by atoms with Gasteiger partial charge in [-0.25, -0.2) is 4.39 Å². The van der Waals surface area contributed by atoms with Gasteiger partial charge in [0.2, 0.25) is 5.76 Å². The van der Waals surface area contributed by atoms with Crippen LogP contribution in [0.2, 0.25) is 0 Å². The predicted octanol–water partition coefficient (Wildman–Crippen LogP) is 4.83. The van der Waals surface area contributed by atoms with Crippen LogP contribution in [-0.4, -0.2) is 57.5 Å². The fourth-order valence-electron chi connectivity index (χ4n) is 4.75. The van der Waals surface area contributed by atoms with Crippen molar-refractivity contribution in [3.05, 3.63) is 88.9 Å². The third-order valence-corrected chi connectivity index (χ3v) is 6.95. The number of carbonyl (C=O) groups is 2. The number of methoxy groups -OCH3 is 2. The van der Waals surface area contributed by atoms with Crippen LogP contribution in [0.3, 0.4) is 0 Å². The maximum Gasteiger partial charge on any atom is 0.290 e. The Morgan fingerprint density at radius 3 is 2.57 bits per heavy atom. The molecule has 0 saturated carbocycles. The van der Waals surface area contributed by atoms with E-state index in [0.717, 1.165) is 11.1 Å². The number of aryl methyl sites for hydroxylation is 1. The third kappa shape index (κ3) is 6.36. The average molecular weight is 575 g/mol. The summed E-state index contributed by atoms with van der Waals surface area (Å²) in [6, 6.07) is 16.5. The van der Waals surface area contributed by atoms with E-state index in [2.05, 4.69) is 15.8 Å². The lowest BCUT2D eigenvalue weighted by Gasteiger charge is -2.29. The minimum atomic E-state index is -0.494. The number of aromatic nitrogens is 1. The van der Waals surface area contributed by atoms with Gasteiger partial charge in [-0.2, -0.15) is 0 Å². The summed E-state index contributed by atoms with van der Waals surface area (Å²) in [6.07, 6.45) is 0. The Morgan fingerprint density at radius 2 is 1.81 bits per heavy atom. The fraction of sp³-hybridized carbons (Fsp3) is 0.258. The van der Waals surface area contributed by atoms with Crippen molar-refractivity contribution in [3.8, 4) is 22.8 Å². The van der Waals surface area contributed by atoms with Crippen molar-refractivity contribution >= 4 is 23.2 Å². The van der Waals surface area contributed by atoms with Crippen molar-refractivity contribution in [2.45, 2.75) is 13.5 Å². The van der Waals surface area contributed by atoms with Crippen LogP contribution < -0.4 is 25.0 Å². The first-order valence-electron chi connectivity index (χ1n) is 13.4. The van der Waals surface area contributed by atoms with Crippen molar-refractivity contribution in [3.63, 3.8) is 0 Å². The average Bonchev–Trinajstić information content (AvgIpc) is 3.51. The molecule has 218 valence electrons. The molecular formula is C31H31FN4O6. The number of nitrogens with zero attached hydrogens (tertiary/aromatic N) is 2. The van der Waals surface area contributed by atoms with Crippen LogP contribution in [0.5, 0.6) is 11.5 Å². The van der Waals surface area contributed by atoms with Crippen molar-refractivity contribution in [1.29, 1.82) is 0 Å². The van der Waals surface area contributed by atoms with Crippen LogP contribution in [0.25, 0.3) is 11.3 Å². The van der Waals surface area contributed by atoms with E-state index in [4.69, 9.17) is 18.7 Å². The molecule has 0 unspecified atom stereocenters. The highest BCUT2D eigenvalue weighted by atomic mass is 19.1. The Morgan fingerprint density at radius 1 is 1.00 bits per heavy atom. The van der Waals surface area contributed by atoms with Crippen molar-refractivity contribution in [2.75, 3.05) is 50.7 Å². The van der Waals surface area contributed by atoms with Crippen LogP contribution in [-0.2, 0) is 11.3 Å². The van der Waals surface area contributed by atoms with E-state index in [1.807, 2.05) is 24.0 Å². The smallest absolute Gasteiger partial charge is 0.290 e. The number of morpholine rings is 1. The van der Waals surface area contributed by atoms with E-state index in [1.165, 1.54) is 25.3 Å². The van der Waals surface area contributed by atoms with Crippen molar-refractivity contribution in [1.82, 2.24) is 10.5 Å². The monoisotopic (exact) mass is 574 g/mol. The van der Waals surface area contributed by atoms with E-state index in [1.54, 1.807) is 37.4 Å². The van der Waals surface area contributed by atoms with Gasteiger partial charge >= 0.3 is 0 Å². The number of carbonyl (C=O) groups excluding carboxylic acids is 2. The number of hydrogen-bond donors (Lipinski definition) is 2. The standard InChI is InChI=1S/C31H31FN4O6/c1-19-7-8-23(34-30(37)21-13-22(32)15-24(14-21)36-9-11-41-12-10-36)16-25(19)26-17-28(42-35-26)31(38)33-18-20-5-4-6-27(39-2)29(20)40-3/h4-8,13-17H,9-12,18H2,1-3H3,(H,33,38)(H,34,37). The Kier molecular flexibility index (Phi) is 8.68. The van der Waals surface area contributed by atoms with E-state index >= 15 is 0 Å². The number of hydrogen-bond acceptors (Lipinski definition) is 8. The molecule has 0 radical (unpaired) electrons. The molecule has 0 atom stereocenters. The molecule has 1 aliphatic rings. The Hall–Kier alpha value is -4.90. The summed E-state index contributed by atoms with van der Waals surface area (Å²) in [5.74, 6) is -0.287. The molecule has 10 nitrogen and oxygen atoms in total. The highest BCUT2D eigenvalue weighted by Crippen LogP contribution is 2.31. The van der Waals surface area contributed by atoms with E-state index in [0.29, 0.717) is 60.4 Å².